The number of fused-ring (bicyclic) bond motifs is 1. The van der Waals surface area contributed by atoms with Crippen LogP contribution in [0.1, 0.15) is 18.4 Å². The normalized spacial score (nSPS) is 25.3. The minimum atomic E-state index is -0.356. The Morgan fingerprint density at radius 3 is 2.94 bits per heavy atom. The van der Waals surface area contributed by atoms with Gasteiger partial charge >= 0.3 is 0 Å². The second-order valence-electron chi connectivity index (χ2n) is 5.30. The zero-order chi connectivity index (χ0) is 12.5. The number of hydrogen-bond donors (Lipinski definition) is 0. The quantitative estimate of drug-likeness (QED) is 0.796. The lowest BCUT2D eigenvalue weighted by Crippen LogP contribution is -2.49. The minimum Gasteiger partial charge on any atom is -0.298 e. The summed E-state index contributed by atoms with van der Waals surface area (Å²) in [7, 11) is 0. The van der Waals surface area contributed by atoms with Crippen LogP contribution in [0.5, 0.6) is 0 Å². The zero-order valence-corrected chi connectivity index (χ0v) is 10.4. The highest BCUT2D eigenvalue weighted by molar-refractivity contribution is 5.18. The highest BCUT2D eigenvalue weighted by atomic mass is 19.1. The summed E-state index contributed by atoms with van der Waals surface area (Å²) in [4.78, 5) is 4.75. The SMILES string of the molecule is Fc1ccc(F)c(CN2CCN3CCCC3C2)c1. The Labute approximate surface area is 106 Å². The van der Waals surface area contributed by atoms with E-state index in [0.717, 1.165) is 19.6 Å². The molecule has 18 heavy (non-hydrogen) atoms. The van der Waals surface area contributed by atoms with E-state index in [9.17, 15) is 8.78 Å². The first kappa shape index (κ1) is 12.1. The highest BCUT2D eigenvalue weighted by Gasteiger charge is 2.30. The third-order valence-electron chi connectivity index (χ3n) is 4.07. The van der Waals surface area contributed by atoms with Gasteiger partial charge in [0.2, 0.25) is 0 Å². The molecule has 0 N–H and O–H groups in total. The van der Waals surface area contributed by atoms with E-state index >= 15 is 0 Å². The predicted octanol–water partition coefficient (Wildman–Crippen LogP) is 2.24. The lowest BCUT2D eigenvalue weighted by Gasteiger charge is -2.37. The van der Waals surface area contributed by atoms with Crippen molar-refractivity contribution in [3.8, 4) is 0 Å². The van der Waals surface area contributed by atoms with Crippen LogP contribution in [0.15, 0.2) is 18.2 Å². The topological polar surface area (TPSA) is 6.48 Å². The van der Waals surface area contributed by atoms with Crippen molar-refractivity contribution in [1.82, 2.24) is 9.80 Å². The summed E-state index contributed by atoms with van der Waals surface area (Å²) < 4.78 is 26.7. The Balaban J connectivity index is 1.67. The number of hydrogen-bond acceptors (Lipinski definition) is 2. The number of piperazine rings is 1. The average molecular weight is 252 g/mol. The fraction of sp³-hybridized carbons (Fsp3) is 0.571. The Kier molecular flexibility index (Phi) is 3.31. The molecular formula is C14H18F2N2. The summed E-state index contributed by atoms with van der Waals surface area (Å²) in [5, 5.41) is 0. The molecule has 2 nitrogen and oxygen atoms in total. The van der Waals surface area contributed by atoms with Gasteiger partial charge in [0.25, 0.3) is 0 Å². The van der Waals surface area contributed by atoms with Crippen LogP contribution in [0.4, 0.5) is 8.78 Å². The maximum absolute atomic E-state index is 13.6. The van der Waals surface area contributed by atoms with Gasteiger partial charge in [0.05, 0.1) is 0 Å². The summed E-state index contributed by atoms with van der Waals surface area (Å²) in [6.07, 6.45) is 2.51. The zero-order valence-electron chi connectivity index (χ0n) is 10.4. The molecule has 2 heterocycles. The monoisotopic (exact) mass is 252 g/mol. The van der Waals surface area contributed by atoms with Crippen LogP contribution in [-0.2, 0) is 6.54 Å². The first-order valence-corrected chi connectivity index (χ1v) is 6.63. The number of rotatable bonds is 2. The molecule has 98 valence electrons. The van der Waals surface area contributed by atoms with Crippen LogP contribution in [0, 0.1) is 11.6 Å². The van der Waals surface area contributed by atoms with E-state index in [4.69, 9.17) is 0 Å². The van der Waals surface area contributed by atoms with E-state index < -0.39 is 0 Å². The molecule has 2 aliphatic rings. The van der Waals surface area contributed by atoms with Crippen molar-refractivity contribution in [3.63, 3.8) is 0 Å². The molecule has 2 aliphatic heterocycles. The summed E-state index contributed by atoms with van der Waals surface area (Å²) >= 11 is 0. The van der Waals surface area contributed by atoms with E-state index in [1.54, 1.807) is 0 Å². The largest absolute Gasteiger partial charge is 0.298 e. The molecule has 0 amide bonds. The van der Waals surface area contributed by atoms with Crippen molar-refractivity contribution >= 4 is 0 Å². The molecule has 3 rings (SSSR count). The van der Waals surface area contributed by atoms with Gasteiger partial charge in [0, 0.05) is 37.8 Å². The Bertz CT molecular complexity index is 436. The van der Waals surface area contributed by atoms with Crippen LogP contribution < -0.4 is 0 Å². The summed E-state index contributed by atoms with van der Waals surface area (Å²) in [5.74, 6) is -0.656. The molecule has 1 unspecified atom stereocenters. The third kappa shape index (κ3) is 2.40. The standard InChI is InChI=1S/C14H18F2N2/c15-12-3-4-14(16)11(8-12)9-17-6-7-18-5-1-2-13(18)10-17/h3-4,8,13H,1-2,5-7,9-10H2. The van der Waals surface area contributed by atoms with Crippen LogP contribution in [-0.4, -0.2) is 42.0 Å². The fourth-order valence-corrected chi connectivity index (χ4v) is 3.10. The lowest BCUT2D eigenvalue weighted by molar-refractivity contribution is 0.0984. The molecule has 1 aromatic carbocycles. The van der Waals surface area contributed by atoms with Gasteiger partial charge in [0.15, 0.2) is 0 Å². The van der Waals surface area contributed by atoms with Gasteiger partial charge in [-0.3, -0.25) is 9.80 Å². The van der Waals surface area contributed by atoms with Crippen molar-refractivity contribution in [3.05, 3.63) is 35.4 Å². The summed E-state index contributed by atoms with van der Waals surface area (Å²) in [5.41, 5.74) is 0.474. The van der Waals surface area contributed by atoms with Crippen molar-refractivity contribution < 1.29 is 8.78 Å². The van der Waals surface area contributed by atoms with E-state index in [0.29, 0.717) is 18.2 Å². The molecule has 0 radical (unpaired) electrons. The Morgan fingerprint density at radius 2 is 2.06 bits per heavy atom. The van der Waals surface area contributed by atoms with E-state index in [1.807, 2.05) is 0 Å². The van der Waals surface area contributed by atoms with E-state index in [2.05, 4.69) is 9.80 Å². The van der Waals surface area contributed by atoms with Gasteiger partial charge in [0.1, 0.15) is 11.6 Å². The second-order valence-corrected chi connectivity index (χ2v) is 5.30. The molecule has 0 spiro atoms. The molecule has 0 aromatic heterocycles. The van der Waals surface area contributed by atoms with Crippen molar-refractivity contribution in [2.24, 2.45) is 0 Å². The first-order chi connectivity index (χ1) is 8.72. The summed E-state index contributed by atoms with van der Waals surface area (Å²) in [6.45, 7) is 4.71. The molecule has 2 saturated heterocycles. The number of halogens is 2. The van der Waals surface area contributed by atoms with Crippen molar-refractivity contribution in [2.75, 3.05) is 26.2 Å². The van der Waals surface area contributed by atoms with Crippen molar-refractivity contribution in [2.45, 2.75) is 25.4 Å². The maximum Gasteiger partial charge on any atom is 0.127 e. The van der Waals surface area contributed by atoms with Crippen LogP contribution in [0.2, 0.25) is 0 Å². The van der Waals surface area contributed by atoms with Crippen molar-refractivity contribution in [1.29, 1.82) is 0 Å². The van der Waals surface area contributed by atoms with Gasteiger partial charge in [-0.1, -0.05) is 0 Å². The van der Waals surface area contributed by atoms with Gasteiger partial charge in [-0.05, 0) is 37.6 Å². The van der Waals surface area contributed by atoms with Gasteiger partial charge in [-0.25, -0.2) is 8.78 Å². The van der Waals surface area contributed by atoms with Gasteiger partial charge < -0.3 is 0 Å². The lowest BCUT2D eigenvalue weighted by atomic mass is 10.1. The molecule has 0 saturated carbocycles. The molecule has 0 bridgehead atoms. The Hall–Kier alpha value is -1.00. The van der Waals surface area contributed by atoms with Crippen LogP contribution in [0.25, 0.3) is 0 Å². The van der Waals surface area contributed by atoms with E-state index in [-0.39, 0.29) is 11.6 Å². The van der Waals surface area contributed by atoms with E-state index in [1.165, 1.54) is 37.6 Å². The van der Waals surface area contributed by atoms with Crippen LogP contribution in [0.3, 0.4) is 0 Å². The fourth-order valence-electron chi connectivity index (χ4n) is 3.10. The predicted molar refractivity (Wildman–Crippen MR) is 66.2 cm³/mol. The Morgan fingerprint density at radius 1 is 1.17 bits per heavy atom. The second kappa shape index (κ2) is 4.94. The third-order valence-corrected chi connectivity index (χ3v) is 4.07. The minimum absolute atomic E-state index is 0.301. The molecule has 2 fully saturated rings. The molecular weight excluding hydrogens is 234 g/mol. The van der Waals surface area contributed by atoms with Gasteiger partial charge in [-0.15, -0.1) is 0 Å². The van der Waals surface area contributed by atoms with Gasteiger partial charge in [-0.2, -0.15) is 0 Å². The first-order valence-electron chi connectivity index (χ1n) is 6.63. The molecule has 4 heteroatoms. The summed E-state index contributed by atoms with van der Waals surface area (Å²) in [6, 6.07) is 4.33. The van der Waals surface area contributed by atoms with Crippen LogP contribution >= 0.6 is 0 Å². The molecule has 0 aliphatic carbocycles. The smallest absolute Gasteiger partial charge is 0.127 e. The number of benzene rings is 1. The number of nitrogens with zero attached hydrogens (tertiary/aromatic N) is 2. The highest BCUT2D eigenvalue weighted by Crippen LogP contribution is 2.23. The molecule has 1 atom stereocenters. The maximum atomic E-state index is 13.6. The molecule has 1 aromatic rings. The average Bonchev–Trinajstić information content (AvgIpc) is 2.81.